The summed E-state index contributed by atoms with van der Waals surface area (Å²) in [5, 5.41) is 17.0. The molecular weight excluding hydrogens is 364 g/mol. The molecule has 0 aliphatic heterocycles. The number of benzene rings is 3. The molecule has 2 N–H and O–H groups in total. The quantitative estimate of drug-likeness (QED) is 0.250. The summed E-state index contributed by atoms with van der Waals surface area (Å²) in [5.74, 6) is -0.540. The molecule has 3 rings (SSSR count). The molecule has 5 nitrogen and oxygen atoms in total. The van der Waals surface area contributed by atoms with E-state index in [-0.39, 0.29) is 18.7 Å². The lowest BCUT2D eigenvalue weighted by Gasteiger charge is -2.15. The minimum Gasteiger partial charge on any atom is -0.461 e. The Morgan fingerprint density at radius 3 is 2.48 bits per heavy atom. The number of aliphatic hydroxyl groups is 1. The van der Waals surface area contributed by atoms with Crippen LogP contribution in [-0.2, 0) is 9.53 Å². The first kappa shape index (κ1) is 20.3. The molecule has 3 aromatic carbocycles. The molecule has 0 saturated carbocycles. The van der Waals surface area contributed by atoms with Crippen LogP contribution in [0.4, 0.5) is 5.69 Å². The summed E-state index contributed by atoms with van der Waals surface area (Å²) < 4.78 is 5.12. The Bertz CT molecular complexity index is 1030. The van der Waals surface area contributed by atoms with Gasteiger partial charge in [-0.3, -0.25) is 5.43 Å². The largest absolute Gasteiger partial charge is 0.461 e. The van der Waals surface area contributed by atoms with Gasteiger partial charge in [0.2, 0.25) is 0 Å². The molecule has 1 atom stereocenters. The van der Waals surface area contributed by atoms with E-state index in [4.69, 9.17) is 4.74 Å². The molecule has 0 aromatic heterocycles. The van der Waals surface area contributed by atoms with Gasteiger partial charge in [-0.2, -0.15) is 5.10 Å². The van der Waals surface area contributed by atoms with Gasteiger partial charge in [-0.25, -0.2) is 4.79 Å². The van der Waals surface area contributed by atoms with Crippen LogP contribution in [0.2, 0.25) is 0 Å². The van der Waals surface area contributed by atoms with Gasteiger partial charge in [0.25, 0.3) is 0 Å². The zero-order valence-electron chi connectivity index (χ0n) is 16.3. The number of fused-ring (bicyclic) bond motifs is 1. The summed E-state index contributed by atoms with van der Waals surface area (Å²) in [5.41, 5.74) is 5.00. The van der Waals surface area contributed by atoms with Gasteiger partial charge < -0.3 is 9.84 Å². The van der Waals surface area contributed by atoms with Gasteiger partial charge in [-0.15, -0.1) is 0 Å². The highest BCUT2D eigenvalue weighted by atomic mass is 16.5. The molecule has 29 heavy (non-hydrogen) atoms. The standard InChI is InChI=1S/C24H24N2O3/c1-3-29-24(28)22(15-17(2)23(27)19-10-5-4-6-11-19)26-25-21-14-13-18-9-7-8-12-20(18)16-21/h4-14,16,23,25,27H,2-3,15H2,1H3/b26-22+. The minimum absolute atomic E-state index is 0.0927. The molecule has 0 amide bonds. The SMILES string of the molecule is C=C(C/C(=N\Nc1ccc2ccccc2c1)C(=O)OCC)C(O)c1ccccc1. The van der Waals surface area contributed by atoms with Crippen LogP contribution in [0.3, 0.4) is 0 Å². The Morgan fingerprint density at radius 1 is 1.07 bits per heavy atom. The van der Waals surface area contributed by atoms with Gasteiger partial charge in [-0.1, -0.05) is 67.2 Å². The predicted molar refractivity (Wildman–Crippen MR) is 117 cm³/mol. The lowest BCUT2D eigenvalue weighted by atomic mass is 9.98. The third kappa shape index (κ3) is 5.30. The molecule has 0 aliphatic rings. The molecule has 148 valence electrons. The second kappa shape index (κ2) is 9.66. The Balaban J connectivity index is 1.78. The van der Waals surface area contributed by atoms with Crippen molar-refractivity contribution in [3.05, 3.63) is 90.5 Å². The molecule has 0 aliphatic carbocycles. The molecule has 0 fully saturated rings. The number of hydrogen-bond acceptors (Lipinski definition) is 5. The summed E-state index contributed by atoms with van der Waals surface area (Å²) >= 11 is 0. The van der Waals surface area contributed by atoms with Gasteiger partial charge in [0.1, 0.15) is 11.8 Å². The van der Waals surface area contributed by atoms with E-state index in [1.54, 1.807) is 6.92 Å². The van der Waals surface area contributed by atoms with E-state index in [1.807, 2.05) is 72.8 Å². The van der Waals surface area contributed by atoms with E-state index < -0.39 is 12.1 Å². The molecule has 0 spiro atoms. The summed E-state index contributed by atoms with van der Waals surface area (Å²) in [7, 11) is 0. The van der Waals surface area contributed by atoms with Crippen molar-refractivity contribution in [3.63, 3.8) is 0 Å². The number of ether oxygens (including phenoxy) is 1. The fraction of sp³-hybridized carbons (Fsp3) is 0.167. The van der Waals surface area contributed by atoms with E-state index in [2.05, 4.69) is 17.1 Å². The maximum atomic E-state index is 12.4. The highest BCUT2D eigenvalue weighted by molar-refractivity contribution is 6.37. The first-order valence-corrected chi connectivity index (χ1v) is 9.47. The van der Waals surface area contributed by atoms with Crippen molar-refractivity contribution >= 4 is 28.1 Å². The molecule has 0 saturated heterocycles. The van der Waals surface area contributed by atoms with Crippen molar-refractivity contribution in [3.8, 4) is 0 Å². The zero-order chi connectivity index (χ0) is 20.6. The van der Waals surface area contributed by atoms with Gasteiger partial charge in [0.15, 0.2) is 0 Å². The van der Waals surface area contributed by atoms with E-state index in [9.17, 15) is 9.90 Å². The minimum atomic E-state index is -0.892. The molecule has 0 radical (unpaired) electrons. The summed E-state index contributed by atoms with van der Waals surface area (Å²) in [4.78, 5) is 12.4. The molecule has 5 heteroatoms. The van der Waals surface area contributed by atoms with Crippen LogP contribution >= 0.6 is 0 Å². The van der Waals surface area contributed by atoms with Crippen LogP contribution in [0.5, 0.6) is 0 Å². The molecule has 3 aromatic rings. The number of esters is 1. The third-order valence-electron chi connectivity index (χ3n) is 4.48. The van der Waals surface area contributed by atoms with Crippen LogP contribution in [0.25, 0.3) is 10.8 Å². The van der Waals surface area contributed by atoms with Crippen molar-refractivity contribution in [2.24, 2.45) is 5.10 Å². The fourth-order valence-electron chi connectivity index (χ4n) is 2.95. The number of hydrogen-bond donors (Lipinski definition) is 2. The fourth-order valence-corrected chi connectivity index (χ4v) is 2.95. The number of anilines is 1. The number of hydrazone groups is 1. The lowest BCUT2D eigenvalue weighted by molar-refractivity contribution is -0.135. The number of carbonyl (C=O) groups excluding carboxylic acids is 1. The first-order chi connectivity index (χ1) is 14.1. The topological polar surface area (TPSA) is 70.9 Å². The van der Waals surface area contributed by atoms with E-state index in [0.717, 1.165) is 16.5 Å². The second-order valence-corrected chi connectivity index (χ2v) is 6.60. The Hall–Kier alpha value is -3.44. The van der Waals surface area contributed by atoms with Crippen molar-refractivity contribution in [1.82, 2.24) is 0 Å². The van der Waals surface area contributed by atoms with Crippen LogP contribution < -0.4 is 5.43 Å². The maximum absolute atomic E-state index is 12.4. The zero-order valence-corrected chi connectivity index (χ0v) is 16.3. The van der Waals surface area contributed by atoms with Crippen LogP contribution in [0.1, 0.15) is 25.0 Å². The highest BCUT2D eigenvalue weighted by Gasteiger charge is 2.19. The predicted octanol–water partition coefficient (Wildman–Crippen LogP) is 4.85. The lowest BCUT2D eigenvalue weighted by Crippen LogP contribution is -2.21. The van der Waals surface area contributed by atoms with Gasteiger partial charge in [0.05, 0.1) is 12.3 Å². The summed E-state index contributed by atoms with van der Waals surface area (Å²) in [6, 6.07) is 23.0. The number of nitrogens with one attached hydrogen (secondary N) is 1. The average molecular weight is 388 g/mol. The van der Waals surface area contributed by atoms with Crippen molar-refractivity contribution in [1.29, 1.82) is 0 Å². The monoisotopic (exact) mass is 388 g/mol. The molecule has 1 unspecified atom stereocenters. The first-order valence-electron chi connectivity index (χ1n) is 9.47. The molecular formula is C24H24N2O3. The number of nitrogens with zero attached hydrogens (tertiary/aromatic N) is 1. The summed E-state index contributed by atoms with van der Waals surface area (Å²) in [6.07, 6.45) is -0.799. The van der Waals surface area contributed by atoms with Gasteiger partial charge >= 0.3 is 5.97 Å². The molecule has 0 heterocycles. The van der Waals surface area contributed by atoms with Crippen LogP contribution in [0, 0.1) is 0 Å². The van der Waals surface area contributed by atoms with Crippen LogP contribution in [-0.4, -0.2) is 23.4 Å². The molecule has 0 bridgehead atoms. The Labute approximate surface area is 170 Å². The third-order valence-corrected chi connectivity index (χ3v) is 4.48. The van der Waals surface area contributed by atoms with Crippen molar-refractivity contribution < 1.29 is 14.6 Å². The van der Waals surface area contributed by atoms with E-state index >= 15 is 0 Å². The maximum Gasteiger partial charge on any atom is 0.354 e. The Morgan fingerprint density at radius 2 is 1.76 bits per heavy atom. The normalized spacial score (nSPS) is 12.4. The van der Waals surface area contributed by atoms with Crippen LogP contribution in [0.15, 0.2) is 90.0 Å². The van der Waals surface area contributed by atoms with Crippen molar-refractivity contribution in [2.75, 3.05) is 12.0 Å². The highest BCUT2D eigenvalue weighted by Crippen LogP contribution is 2.23. The number of rotatable bonds is 8. The number of carbonyl (C=O) groups is 1. The van der Waals surface area contributed by atoms with Gasteiger partial charge in [-0.05, 0) is 41.0 Å². The van der Waals surface area contributed by atoms with E-state index in [1.165, 1.54) is 0 Å². The van der Waals surface area contributed by atoms with Crippen molar-refractivity contribution in [2.45, 2.75) is 19.4 Å². The Kier molecular flexibility index (Phi) is 6.76. The smallest absolute Gasteiger partial charge is 0.354 e. The van der Waals surface area contributed by atoms with E-state index in [0.29, 0.717) is 11.1 Å². The van der Waals surface area contributed by atoms with Gasteiger partial charge in [0, 0.05) is 6.42 Å². The summed E-state index contributed by atoms with van der Waals surface area (Å²) in [6.45, 7) is 5.92. The number of aliphatic hydroxyl groups excluding tert-OH is 1. The second-order valence-electron chi connectivity index (χ2n) is 6.60. The average Bonchev–Trinajstić information content (AvgIpc) is 2.76.